The first kappa shape index (κ1) is 19.6. The first-order valence-electron chi connectivity index (χ1n) is 9.82. The lowest BCUT2D eigenvalue weighted by Crippen LogP contribution is -3.29. The number of amides is 1. The fourth-order valence-electron chi connectivity index (χ4n) is 3.88. The van der Waals surface area contributed by atoms with Gasteiger partial charge in [-0.15, -0.1) is 0 Å². The van der Waals surface area contributed by atoms with Crippen LogP contribution in [0.4, 0.5) is 14.5 Å². The maximum Gasteiger partial charge on any atom is 0.282 e. The molecule has 1 saturated heterocycles. The van der Waals surface area contributed by atoms with E-state index in [0.29, 0.717) is 0 Å². The van der Waals surface area contributed by atoms with Crippen LogP contribution in [-0.4, -0.2) is 44.9 Å². The van der Waals surface area contributed by atoms with Gasteiger partial charge in [0.05, 0.1) is 0 Å². The molecule has 4 rings (SSSR count). The van der Waals surface area contributed by atoms with E-state index < -0.39 is 11.6 Å². The molecule has 8 heteroatoms. The molecule has 154 valence electrons. The number of piperazine rings is 1. The van der Waals surface area contributed by atoms with Gasteiger partial charge >= 0.3 is 0 Å². The van der Waals surface area contributed by atoms with Crippen molar-refractivity contribution in [2.24, 2.45) is 0 Å². The zero-order valence-electron chi connectivity index (χ0n) is 16.3. The molecule has 6 nitrogen and oxygen atoms in total. The zero-order valence-corrected chi connectivity index (χ0v) is 16.3. The number of hydrogen-bond donors (Lipinski definition) is 3. The largest absolute Gasteiger partial charge is 0.454 e. The Kier molecular flexibility index (Phi) is 5.64. The molecule has 2 aromatic rings. The Morgan fingerprint density at radius 1 is 1.03 bits per heavy atom. The van der Waals surface area contributed by atoms with Crippen LogP contribution in [0.5, 0.6) is 11.5 Å². The number of rotatable bonds is 5. The number of quaternary nitrogens is 2. The van der Waals surface area contributed by atoms with E-state index in [9.17, 15) is 13.6 Å². The highest BCUT2D eigenvalue weighted by Gasteiger charge is 2.31. The van der Waals surface area contributed by atoms with Gasteiger partial charge in [-0.2, -0.15) is 0 Å². The number of hydrogen-bond acceptors (Lipinski definition) is 3. The van der Waals surface area contributed by atoms with Crippen molar-refractivity contribution in [3.8, 4) is 11.5 Å². The van der Waals surface area contributed by atoms with Gasteiger partial charge in [0.1, 0.15) is 32.7 Å². The topological polar surface area (TPSA) is 56.4 Å². The third-order valence-corrected chi connectivity index (χ3v) is 5.68. The summed E-state index contributed by atoms with van der Waals surface area (Å²) in [6, 6.07) is 9.16. The van der Waals surface area contributed by atoms with Crippen molar-refractivity contribution in [2.45, 2.75) is 19.5 Å². The average Bonchev–Trinajstić information content (AvgIpc) is 3.18. The molecule has 0 aromatic heterocycles. The summed E-state index contributed by atoms with van der Waals surface area (Å²) in [7, 11) is 0. The summed E-state index contributed by atoms with van der Waals surface area (Å²) < 4.78 is 37.2. The maximum atomic E-state index is 13.3. The molecule has 2 heterocycles. The Labute approximate surface area is 168 Å². The van der Waals surface area contributed by atoms with E-state index in [-0.39, 0.29) is 24.4 Å². The van der Waals surface area contributed by atoms with Crippen LogP contribution in [-0.2, 0) is 11.3 Å². The Hall–Kier alpha value is -2.71. The Balaban J connectivity index is 1.28. The molecule has 3 N–H and O–H groups in total. The number of carbonyl (C=O) groups is 1. The smallest absolute Gasteiger partial charge is 0.282 e. The summed E-state index contributed by atoms with van der Waals surface area (Å²) >= 11 is 0. The highest BCUT2D eigenvalue weighted by atomic mass is 19.2. The van der Waals surface area contributed by atoms with Crippen LogP contribution in [0.3, 0.4) is 0 Å². The van der Waals surface area contributed by atoms with Gasteiger partial charge < -0.3 is 24.6 Å². The average molecular weight is 405 g/mol. The summed E-state index contributed by atoms with van der Waals surface area (Å²) in [6.45, 7) is 6.68. The van der Waals surface area contributed by atoms with E-state index in [0.717, 1.165) is 56.4 Å². The molecule has 0 bridgehead atoms. The molecule has 1 amide bonds. The van der Waals surface area contributed by atoms with Crippen molar-refractivity contribution in [1.29, 1.82) is 0 Å². The molecular formula is C21H25F2N3O3+2. The van der Waals surface area contributed by atoms with E-state index >= 15 is 0 Å². The fraction of sp³-hybridized carbons (Fsp3) is 0.381. The van der Waals surface area contributed by atoms with Crippen molar-refractivity contribution in [1.82, 2.24) is 0 Å². The lowest BCUT2D eigenvalue weighted by molar-refractivity contribution is -1.02. The predicted molar refractivity (Wildman–Crippen MR) is 102 cm³/mol. The number of nitrogens with one attached hydrogen (secondary N) is 3. The number of anilines is 1. The van der Waals surface area contributed by atoms with Crippen LogP contribution in [0.1, 0.15) is 12.5 Å². The van der Waals surface area contributed by atoms with Crippen molar-refractivity contribution >= 4 is 11.6 Å². The van der Waals surface area contributed by atoms with Gasteiger partial charge in [-0.3, -0.25) is 4.79 Å². The number of ether oxygens (including phenoxy) is 2. The predicted octanol–water partition coefficient (Wildman–Crippen LogP) is 0.00410. The van der Waals surface area contributed by atoms with Crippen LogP contribution < -0.4 is 24.6 Å². The first-order chi connectivity index (χ1) is 14.0. The van der Waals surface area contributed by atoms with Crippen molar-refractivity contribution in [2.75, 3.05) is 38.3 Å². The Morgan fingerprint density at radius 2 is 1.79 bits per heavy atom. The van der Waals surface area contributed by atoms with Gasteiger partial charge in [0.2, 0.25) is 6.79 Å². The van der Waals surface area contributed by atoms with Crippen molar-refractivity contribution < 1.29 is 32.8 Å². The van der Waals surface area contributed by atoms with Gasteiger partial charge in [-0.05, 0) is 37.3 Å². The van der Waals surface area contributed by atoms with Gasteiger partial charge in [-0.1, -0.05) is 0 Å². The number of halogens is 2. The van der Waals surface area contributed by atoms with Gasteiger partial charge in [0.25, 0.3) is 5.91 Å². The van der Waals surface area contributed by atoms with E-state index in [1.165, 1.54) is 21.4 Å². The number of carbonyl (C=O) groups excluding carboxylic acids is 1. The van der Waals surface area contributed by atoms with Crippen molar-refractivity contribution in [3.05, 3.63) is 53.6 Å². The summed E-state index contributed by atoms with van der Waals surface area (Å²) in [5.41, 5.74) is 1.48. The second-order valence-electron chi connectivity index (χ2n) is 7.61. The summed E-state index contributed by atoms with van der Waals surface area (Å²) in [5.74, 6) is -0.496. The molecule has 2 aliphatic rings. The lowest BCUT2D eigenvalue weighted by atomic mass is 10.1. The zero-order chi connectivity index (χ0) is 20.4. The molecule has 0 spiro atoms. The molecule has 29 heavy (non-hydrogen) atoms. The third kappa shape index (κ3) is 4.49. The minimum Gasteiger partial charge on any atom is -0.454 e. The number of fused-ring (bicyclic) bond motifs is 1. The monoisotopic (exact) mass is 405 g/mol. The maximum absolute atomic E-state index is 13.3. The minimum atomic E-state index is -0.969. The molecule has 2 aromatic carbocycles. The lowest BCUT2D eigenvalue weighted by Gasteiger charge is -2.32. The molecule has 0 radical (unpaired) electrons. The van der Waals surface area contributed by atoms with Crippen LogP contribution in [0.25, 0.3) is 0 Å². The third-order valence-electron chi connectivity index (χ3n) is 5.68. The van der Waals surface area contributed by atoms with Gasteiger partial charge in [0.15, 0.2) is 29.2 Å². The van der Waals surface area contributed by atoms with Crippen LogP contribution in [0.15, 0.2) is 36.4 Å². The van der Waals surface area contributed by atoms with E-state index in [1.54, 1.807) is 0 Å². The fourth-order valence-corrected chi connectivity index (χ4v) is 3.88. The molecule has 1 fully saturated rings. The highest BCUT2D eigenvalue weighted by molar-refractivity contribution is 5.93. The molecule has 2 aliphatic heterocycles. The van der Waals surface area contributed by atoms with E-state index in [4.69, 9.17) is 9.47 Å². The standard InChI is InChI=1S/C21H23F2N3O3/c1-14(21(27)24-16-3-4-17(22)18(23)11-16)26-8-6-25(7-9-26)12-15-2-5-19-20(10-15)29-13-28-19/h2-5,10-11,14H,6-9,12-13H2,1H3,(H,24,27)/p+2/t14-/m0/s1. The second kappa shape index (κ2) is 8.34. The van der Waals surface area contributed by atoms with Crippen molar-refractivity contribution in [3.63, 3.8) is 0 Å². The molecule has 0 aliphatic carbocycles. The van der Waals surface area contributed by atoms with E-state index in [2.05, 4.69) is 11.4 Å². The van der Waals surface area contributed by atoms with Crippen LogP contribution in [0, 0.1) is 11.6 Å². The quantitative estimate of drug-likeness (QED) is 0.657. The summed E-state index contributed by atoms with van der Waals surface area (Å²) in [6.07, 6.45) is 0. The van der Waals surface area contributed by atoms with E-state index in [1.807, 2.05) is 19.1 Å². The summed E-state index contributed by atoms with van der Waals surface area (Å²) in [4.78, 5) is 15.2. The highest BCUT2D eigenvalue weighted by Crippen LogP contribution is 2.32. The molecule has 0 saturated carbocycles. The summed E-state index contributed by atoms with van der Waals surface area (Å²) in [5, 5.41) is 2.68. The van der Waals surface area contributed by atoms with Gasteiger partial charge in [-0.25, -0.2) is 8.78 Å². The normalized spacial score (nSPS) is 21.6. The Bertz CT molecular complexity index is 901. The van der Waals surface area contributed by atoms with Crippen LogP contribution >= 0.6 is 0 Å². The molecule has 0 unspecified atom stereocenters. The number of benzene rings is 2. The molecular weight excluding hydrogens is 380 g/mol. The Morgan fingerprint density at radius 3 is 2.55 bits per heavy atom. The second-order valence-corrected chi connectivity index (χ2v) is 7.61. The first-order valence-corrected chi connectivity index (χ1v) is 9.82. The molecule has 1 atom stereocenters. The minimum absolute atomic E-state index is 0.190. The van der Waals surface area contributed by atoms with Gasteiger partial charge in [0, 0.05) is 17.3 Å². The van der Waals surface area contributed by atoms with Crippen LogP contribution in [0.2, 0.25) is 0 Å². The SMILES string of the molecule is C[C@@H](C(=O)Nc1ccc(F)c(F)c1)[NH+]1CC[NH+](Cc2ccc3c(c2)OCO3)CC1.